The van der Waals surface area contributed by atoms with Crippen molar-refractivity contribution in [3.05, 3.63) is 98.8 Å². The Bertz CT molecular complexity index is 2260. The second kappa shape index (κ2) is 12.7. The molecule has 7 rings (SSSR count). The lowest BCUT2D eigenvalue weighted by atomic mass is 9.70. The molecule has 0 fully saturated rings. The molecule has 2 aromatic heterocycles. The molecule has 0 bridgehead atoms. The zero-order valence-electron chi connectivity index (χ0n) is 27.6. The van der Waals surface area contributed by atoms with E-state index in [1.165, 1.54) is 31.2 Å². The van der Waals surface area contributed by atoms with Crippen LogP contribution in [0.5, 0.6) is 23.0 Å². The summed E-state index contributed by atoms with van der Waals surface area (Å²) in [5.41, 5.74) is -0.597. The van der Waals surface area contributed by atoms with Gasteiger partial charge in [0.05, 0.1) is 50.5 Å². The van der Waals surface area contributed by atoms with Crippen molar-refractivity contribution in [2.75, 3.05) is 27.9 Å². The topological polar surface area (TPSA) is 148 Å². The number of fused-ring (bicyclic) bond motifs is 3. The first kappa shape index (κ1) is 32.9. The maximum atomic E-state index is 14.8. The summed E-state index contributed by atoms with van der Waals surface area (Å²) in [6, 6.07) is 15.5. The molecule has 0 saturated carbocycles. The molecule has 50 heavy (non-hydrogen) atoms. The maximum absolute atomic E-state index is 14.8. The molecular formula is C37H32ClN3O9. The van der Waals surface area contributed by atoms with Gasteiger partial charge in [0.2, 0.25) is 23.1 Å². The van der Waals surface area contributed by atoms with Crippen molar-refractivity contribution in [3.8, 4) is 34.3 Å². The molecule has 1 N–H and O–H groups in total. The SMILES string of the molecule is COc1ccc(-c2oc3c(c2CC(=O)NCCn2cnc4ccccc4c2=O)C(=O)[C@@]2(Oc4c(Cl)c(OC)cc(OC)c4C2=O)[C@H](C)C3)cc1. The lowest BCUT2D eigenvalue weighted by molar-refractivity contribution is -0.120. The Morgan fingerprint density at radius 2 is 1.72 bits per heavy atom. The van der Waals surface area contributed by atoms with Gasteiger partial charge in [-0.3, -0.25) is 23.7 Å². The minimum Gasteiger partial charge on any atom is -0.497 e. The van der Waals surface area contributed by atoms with E-state index in [2.05, 4.69) is 10.3 Å². The molecule has 1 aliphatic carbocycles. The third kappa shape index (κ3) is 5.09. The van der Waals surface area contributed by atoms with Crippen LogP contribution in [0.1, 0.15) is 39.0 Å². The molecule has 13 heteroatoms. The zero-order valence-corrected chi connectivity index (χ0v) is 28.4. The number of hydrogen-bond acceptors (Lipinski definition) is 10. The normalized spacial score (nSPS) is 17.7. The average Bonchev–Trinajstić information content (AvgIpc) is 3.64. The fourth-order valence-electron chi connectivity index (χ4n) is 6.78. The first-order chi connectivity index (χ1) is 24.1. The van der Waals surface area contributed by atoms with Gasteiger partial charge in [0, 0.05) is 42.6 Å². The lowest BCUT2D eigenvalue weighted by Gasteiger charge is -2.35. The van der Waals surface area contributed by atoms with Gasteiger partial charge in [-0.05, 0) is 36.4 Å². The van der Waals surface area contributed by atoms with Gasteiger partial charge in [0.1, 0.15) is 39.4 Å². The summed E-state index contributed by atoms with van der Waals surface area (Å²) in [5, 5.41) is 3.35. The predicted molar refractivity (Wildman–Crippen MR) is 183 cm³/mol. The highest BCUT2D eigenvalue weighted by molar-refractivity contribution is 6.36. The number of amides is 1. The molecule has 0 radical (unpaired) electrons. The van der Waals surface area contributed by atoms with Gasteiger partial charge < -0.3 is 28.7 Å². The Morgan fingerprint density at radius 3 is 2.44 bits per heavy atom. The van der Waals surface area contributed by atoms with E-state index in [9.17, 15) is 19.2 Å². The van der Waals surface area contributed by atoms with E-state index < -0.39 is 29.0 Å². The Labute approximate surface area is 290 Å². The van der Waals surface area contributed by atoms with Crippen molar-refractivity contribution in [3.63, 3.8) is 0 Å². The Kier molecular flexibility index (Phi) is 8.35. The van der Waals surface area contributed by atoms with Crippen LogP contribution in [0.3, 0.4) is 0 Å². The van der Waals surface area contributed by atoms with Crippen molar-refractivity contribution in [1.29, 1.82) is 0 Å². The summed E-state index contributed by atoms with van der Waals surface area (Å²) in [4.78, 5) is 59.9. The van der Waals surface area contributed by atoms with Gasteiger partial charge in [-0.15, -0.1) is 0 Å². The standard InChI is InChI=1S/C37H32ClN3O9/c1-19-15-26-29(34(43)37(19)35(44)30-25(47-3)17-27(48-4)31(38)33(30)50-37)23(32(49-26)20-9-11-21(46-2)12-10-20)16-28(42)39-13-14-41-18-40-24-8-6-5-7-22(24)36(41)45/h5-12,17-19H,13-16H2,1-4H3,(H,39,42)/t19-,37+/m1/s1. The number of carbonyl (C=O) groups excluding carboxylic acids is 3. The van der Waals surface area contributed by atoms with Crippen LogP contribution in [0.25, 0.3) is 22.2 Å². The third-order valence-electron chi connectivity index (χ3n) is 9.34. The fourth-order valence-corrected chi connectivity index (χ4v) is 7.04. The van der Waals surface area contributed by atoms with E-state index >= 15 is 0 Å². The van der Waals surface area contributed by atoms with Crippen LogP contribution in [0, 0.1) is 5.92 Å². The summed E-state index contributed by atoms with van der Waals surface area (Å²) < 4.78 is 30.3. The van der Waals surface area contributed by atoms with Crippen LogP contribution in [-0.2, 0) is 24.2 Å². The van der Waals surface area contributed by atoms with E-state index in [0.717, 1.165) is 0 Å². The largest absolute Gasteiger partial charge is 0.497 e. The summed E-state index contributed by atoms with van der Waals surface area (Å²) in [5.74, 6) is -0.753. The fraction of sp³-hybridized carbons (Fsp3) is 0.270. The van der Waals surface area contributed by atoms with Crippen LogP contribution in [0.15, 0.2) is 70.1 Å². The molecule has 5 aromatic rings. The highest BCUT2D eigenvalue weighted by Gasteiger charge is 2.63. The van der Waals surface area contributed by atoms with Gasteiger partial charge >= 0.3 is 0 Å². The van der Waals surface area contributed by atoms with Crippen molar-refractivity contribution in [2.24, 2.45) is 5.92 Å². The minimum atomic E-state index is -1.99. The number of benzene rings is 3. The number of methoxy groups -OCH3 is 3. The number of carbonyl (C=O) groups is 3. The molecule has 12 nitrogen and oxygen atoms in total. The van der Waals surface area contributed by atoms with Crippen LogP contribution in [0.4, 0.5) is 0 Å². The molecule has 3 heterocycles. The van der Waals surface area contributed by atoms with E-state index in [1.807, 2.05) is 0 Å². The van der Waals surface area contributed by atoms with E-state index in [0.29, 0.717) is 39.3 Å². The molecule has 1 amide bonds. The highest BCUT2D eigenvalue weighted by atomic mass is 35.5. The Hall–Kier alpha value is -5.62. The second-order valence-corrected chi connectivity index (χ2v) is 12.5. The van der Waals surface area contributed by atoms with Crippen LogP contribution in [0.2, 0.25) is 5.02 Å². The zero-order chi connectivity index (χ0) is 35.3. The monoisotopic (exact) mass is 697 g/mol. The van der Waals surface area contributed by atoms with Gasteiger partial charge in [-0.2, -0.15) is 0 Å². The van der Waals surface area contributed by atoms with Crippen molar-refractivity contribution < 1.29 is 37.7 Å². The number of Topliss-reactive ketones (excluding diaryl/α,β-unsaturated/α-hetero) is 2. The number of furan rings is 1. The molecular weight excluding hydrogens is 666 g/mol. The lowest BCUT2D eigenvalue weighted by Crippen LogP contribution is -2.56. The van der Waals surface area contributed by atoms with E-state index in [-0.39, 0.29) is 64.9 Å². The number of hydrogen-bond donors (Lipinski definition) is 1. The summed E-state index contributed by atoms with van der Waals surface area (Å²) in [6.45, 7) is 2.01. The second-order valence-electron chi connectivity index (χ2n) is 12.1. The van der Waals surface area contributed by atoms with Gasteiger partial charge in [-0.1, -0.05) is 30.7 Å². The molecule has 0 saturated heterocycles. The number of para-hydroxylation sites is 1. The van der Waals surface area contributed by atoms with Crippen molar-refractivity contribution >= 4 is 40.0 Å². The summed E-state index contributed by atoms with van der Waals surface area (Å²) >= 11 is 6.61. The first-order valence-corrected chi connectivity index (χ1v) is 16.2. The molecule has 1 spiro atoms. The van der Waals surface area contributed by atoms with Gasteiger partial charge in [-0.25, -0.2) is 4.98 Å². The summed E-state index contributed by atoms with van der Waals surface area (Å²) in [7, 11) is 4.36. The number of nitrogens with one attached hydrogen (secondary N) is 1. The smallest absolute Gasteiger partial charge is 0.261 e. The molecule has 1 aliphatic heterocycles. The van der Waals surface area contributed by atoms with Crippen LogP contribution in [-0.4, -0.2) is 60.5 Å². The minimum absolute atomic E-state index is 0.00638. The van der Waals surface area contributed by atoms with Crippen LogP contribution < -0.4 is 29.8 Å². The molecule has 2 aliphatic rings. The number of ether oxygens (including phenoxy) is 4. The summed E-state index contributed by atoms with van der Waals surface area (Å²) in [6.07, 6.45) is 1.33. The van der Waals surface area contributed by atoms with Crippen molar-refractivity contribution in [1.82, 2.24) is 14.9 Å². The number of halogens is 1. The third-order valence-corrected chi connectivity index (χ3v) is 9.70. The predicted octanol–water partition coefficient (Wildman–Crippen LogP) is 5.08. The molecule has 2 atom stereocenters. The molecule has 0 unspecified atom stereocenters. The maximum Gasteiger partial charge on any atom is 0.261 e. The van der Waals surface area contributed by atoms with Gasteiger partial charge in [0.15, 0.2) is 5.75 Å². The number of nitrogens with zero attached hydrogens (tertiary/aromatic N) is 2. The molecule has 3 aromatic carbocycles. The average molecular weight is 698 g/mol. The van der Waals surface area contributed by atoms with Gasteiger partial charge in [0.25, 0.3) is 5.56 Å². The Morgan fingerprint density at radius 1 is 1.00 bits per heavy atom. The quantitative estimate of drug-likeness (QED) is 0.207. The highest BCUT2D eigenvalue weighted by Crippen LogP contribution is 2.54. The van der Waals surface area contributed by atoms with E-state index in [1.54, 1.807) is 62.6 Å². The van der Waals surface area contributed by atoms with E-state index in [4.69, 9.17) is 35.0 Å². The number of ketones is 2. The first-order valence-electron chi connectivity index (χ1n) is 15.9. The number of rotatable bonds is 9. The number of aromatic nitrogens is 2. The van der Waals surface area contributed by atoms with Crippen LogP contribution >= 0.6 is 11.6 Å². The Balaban J connectivity index is 1.24. The van der Waals surface area contributed by atoms with Crippen molar-refractivity contribution in [2.45, 2.75) is 31.9 Å². The molecule has 256 valence electrons.